The van der Waals surface area contributed by atoms with Crippen LogP contribution in [-0.4, -0.2) is 18.0 Å². The van der Waals surface area contributed by atoms with Crippen molar-refractivity contribution in [2.75, 3.05) is 0 Å². The molecule has 3 aromatic rings. The van der Waals surface area contributed by atoms with E-state index in [4.69, 9.17) is 11.6 Å². The molecule has 0 fully saturated rings. The maximum Gasteiger partial charge on any atom is 0.262 e. The van der Waals surface area contributed by atoms with Crippen LogP contribution >= 0.6 is 22.9 Å². The van der Waals surface area contributed by atoms with Crippen molar-refractivity contribution in [3.8, 4) is 0 Å². The molecule has 2 aromatic heterocycles. The fraction of sp³-hybridized carbons (Fsp3) is 0.133. The normalized spacial score (nSPS) is 13.1. The molecule has 0 saturated carbocycles. The van der Waals surface area contributed by atoms with E-state index in [0.29, 0.717) is 5.56 Å². The van der Waals surface area contributed by atoms with E-state index in [9.17, 15) is 12.8 Å². The number of benzene rings is 1. The van der Waals surface area contributed by atoms with Gasteiger partial charge in [0.15, 0.2) is 0 Å². The number of aryl methyl sites for hydroxylation is 1. The fourth-order valence-electron chi connectivity index (χ4n) is 2.19. The molecule has 2 heterocycles. The molecule has 1 aromatic carbocycles. The first-order valence-corrected chi connectivity index (χ1v) is 9.60. The van der Waals surface area contributed by atoms with Crippen LogP contribution in [0.4, 0.5) is 4.39 Å². The molecule has 0 bridgehead atoms. The Bertz CT molecular complexity index is 938. The third-order valence-electron chi connectivity index (χ3n) is 3.39. The van der Waals surface area contributed by atoms with Crippen molar-refractivity contribution in [2.45, 2.75) is 11.1 Å². The number of rotatable bonds is 5. The summed E-state index contributed by atoms with van der Waals surface area (Å²) in [7, 11) is -2.35. The van der Waals surface area contributed by atoms with Crippen LogP contribution in [0.2, 0.25) is 5.15 Å². The number of hydrogen-bond donors (Lipinski definition) is 1. The Morgan fingerprint density at radius 2 is 2.00 bits per heavy atom. The second kappa shape index (κ2) is 6.64. The van der Waals surface area contributed by atoms with E-state index in [-0.39, 0.29) is 16.0 Å². The third-order valence-corrected chi connectivity index (χ3v) is 6.24. The third kappa shape index (κ3) is 3.36. The molecule has 1 unspecified atom stereocenters. The summed E-state index contributed by atoms with van der Waals surface area (Å²) >= 11 is 7.40. The largest absolute Gasteiger partial charge is 0.324 e. The molecule has 5 nitrogen and oxygen atoms in total. The average Bonchev–Trinajstić information content (AvgIpc) is 3.17. The molecular weight excluding hydrogens is 373 g/mol. The minimum absolute atomic E-state index is 0.0199. The highest BCUT2D eigenvalue weighted by molar-refractivity contribution is 7.89. The lowest BCUT2D eigenvalue weighted by Gasteiger charge is -2.17. The van der Waals surface area contributed by atoms with Crippen LogP contribution in [0.5, 0.6) is 0 Å². The number of nitrogens with one attached hydrogen (secondary N) is 1. The molecule has 0 radical (unpaired) electrons. The van der Waals surface area contributed by atoms with Crippen LogP contribution in [-0.2, 0) is 17.1 Å². The van der Waals surface area contributed by atoms with Gasteiger partial charge >= 0.3 is 0 Å². The predicted molar refractivity (Wildman–Crippen MR) is 91.1 cm³/mol. The van der Waals surface area contributed by atoms with E-state index in [1.54, 1.807) is 25.2 Å². The number of hydrogen-bond acceptors (Lipinski definition) is 4. The Kier molecular flexibility index (Phi) is 4.73. The molecule has 0 aliphatic carbocycles. The van der Waals surface area contributed by atoms with Crippen molar-refractivity contribution >= 4 is 33.0 Å². The van der Waals surface area contributed by atoms with Gasteiger partial charge in [-0.25, -0.2) is 17.8 Å². The second-order valence-corrected chi connectivity index (χ2v) is 8.04. The predicted octanol–water partition coefficient (Wildman–Crippen LogP) is 3.34. The summed E-state index contributed by atoms with van der Waals surface area (Å²) in [5, 5.41) is 1.62. The molecule has 0 saturated heterocycles. The minimum Gasteiger partial charge on any atom is -0.324 e. The van der Waals surface area contributed by atoms with Gasteiger partial charge < -0.3 is 4.57 Å². The molecule has 9 heteroatoms. The van der Waals surface area contributed by atoms with Gasteiger partial charge in [-0.2, -0.15) is 4.72 Å². The Morgan fingerprint density at radius 1 is 1.29 bits per heavy atom. The van der Waals surface area contributed by atoms with Gasteiger partial charge in [0.05, 0.1) is 12.4 Å². The van der Waals surface area contributed by atoms with Crippen LogP contribution in [0.3, 0.4) is 0 Å². The van der Waals surface area contributed by atoms with E-state index in [1.165, 1.54) is 34.4 Å². The highest BCUT2D eigenvalue weighted by Gasteiger charge is 2.28. The Balaban J connectivity index is 2.01. The zero-order valence-corrected chi connectivity index (χ0v) is 14.9. The van der Waals surface area contributed by atoms with Crippen LogP contribution in [0.15, 0.2) is 53.1 Å². The lowest BCUT2D eigenvalue weighted by Crippen LogP contribution is -2.29. The van der Waals surface area contributed by atoms with Crippen molar-refractivity contribution < 1.29 is 12.8 Å². The van der Waals surface area contributed by atoms with Gasteiger partial charge in [0.1, 0.15) is 11.0 Å². The highest BCUT2D eigenvalue weighted by atomic mass is 35.5. The first kappa shape index (κ1) is 17.1. The molecule has 0 aliphatic heterocycles. The molecule has 0 aliphatic rings. The van der Waals surface area contributed by atoms with E-state index in [0.717, 1.165) is 4.88 Å². The first-order valence-electron chi connectivity index (χ1n) is 6.86. The van der Waals surface area contributed by atoms with E-state index in [1.807, 2.05) is 11.4 Å². The van der Waals surface area contributed by atoms with Gasteiger partial charge in [0.2, 0.25) is 5.03 Å². The number of thiophene rings is 1. The smallest absolute Gasteiger partial charge is 0.262 e. The molecule has 1 atom stereocenters. The molecule has 126 valence electrons. The highest BCUT2D eigenvalue weighted by Crippen LogP contribution is 2.29. The zero-order valence-electron chi connectivity index (χ0n) is 12.5. The van der Waals surface area contributed by atoms with Gasteiger partial charge in [-0.15, -0.1) is 11.3 Å². The summed E-state index contributed by atoms with van der Waals surface area (Å²) in [6.45, 7) is 0. The lowest BCUT2D eigenvalue weighted by molar-refractivity contribution is 0.569. The maximum atomic E-state index is 13.2. The molecule has 0 spiro atoms. The van der Waals surface area contributed by atoms with Gasteiger partial charge in [0, 0.05) is 11.9 Å². The molecule has 1 N–H and O–H groups in total. The fourth-order valence-corrected chi connectivity index (χ4v) is 4.70. The van der Waals surface area contributed by atoms with Gasteiger partial charge in [-0.05, 0) is 29.1 Å². The molecule has 0 amide bonds. The van der Waals surface area contributed by atoms with Crippen molar-refractivity contribution in [1.82, 2.24) is 14.3 Å². The summed E-state index contributed by atoms with van der Waals surface area (Å²) in [5.41, 5.74) is 0.620. The van der Waals surface area contributed by atoms with Crippen molar-refractivity contribution in [3.05, 3.63) is 69.5 Å². The number of aromatic nitrogens is 2. The van der Waals surface area contributed by atoms with Gasteiger partial charge in [-0.1, -0.05) is 29.8 Å². The monoisotopic (exact) mass is 385 g/mol. The lowest BCUT2D eigenvalue weighted by atomic mass is 10.1. The summed E-state index contributed by atoms with van der Waals surface area (Å²) in [4.78, 5) is 4.63. The SMILES string of the molecule is Cn1cnc(S(=O)(=O)NC(c2ccc(F)cc2)c2cccs2)c1Cl. The van der Waals surface area contributed by atoms with E-state index in [2.05, 4.69) is 9.71 Å². The second-order valence-electron chi connectivity index (χ2n) is 5.07. The molecule has 24 heavy (non-hydrogen) atoms. The zero-order chi connectivity index (χ0) is 17.3. The number of nitrogens with zero attached hydrogens (tertiary/aromatic N) is 2. The van der Waals surface area contributed by atoms with Crippen molar-refractivity contribution in [3.63, 3.8) is 0 Å². The standard InChI is InChI=1S/C15H13ClFN3O2S2/c1-20-9-18-15(14(20)16)24(21,22)19-13(12-3-2-8-23-12)10-4-6-11(17)7-5-10/h2-9,13,19H,1H3. The van der Waals surface area contributed by atoms with Crippen LogP contribution < -0.4 is 4.72 Å². The van der Waals surface area contributed by atoms with Gasteiger partial charge in [0.25, 0.3) is 10.0 Å². The van der Waals surface area contributed by atoms with Crippen LogP contribution in [0.1, 0.15) is 16.5 Å². The topological polar surface area (TPSA) is 64.0 Å². The number of halogens is 2. The van der Waals surface area contributed by atoms with Crippen molar-refractivity contribution in [2.24, 2.45) is 7.05 Å². The number of sulfonamides is 1. The van der Waals surface area contributed by atoms with Crippen LogP contribution in [0, 0.1) is 5.82 Å². The number of imidazole rings is 1. The Morgan fingerprint density at radius 3 is 2.54 bits per heavy atom. The maximum absolute atomic E-state index is 13.2. The summed E-state index contributed by atoms with van der Waals surface area (Å²) in [6.07, 6.45) is 1.33. The molecular formula is C15H13ClFN3O2S2. The summed E-state index contributed by atoms with van der Waals surface area (Å²) < 4.78 is 42.5. The molecule has 3 rings (SSSR count). The van der Waals surface area contributed by atoms with E-state index >= 15 is 0 Å². The van der Waals surface area contributed by atoms with E-state index < -0.39 is 16.1 Å². The quantitative estimate of drug-likeness (QED) is 0.732. The minimum atomic E-state index is -3.95. The van der Waals surface area contributed by atoms with Gasteiger partial charge in [-0.3, -0.25) is 0 Å². The van der Waals surface area contributed by atoms with Crippen molar-refractivity contribution in [1.29, 1.82) is 0 Å². The van der Waals surface area contributed by atoms with Crippen LogP contribution in [0.25, 0.3) is 0 Å². The average molecular weight is 386 g/mol. The summed E-state index contributed by atoms with van der Waals surface area (Å²) in [6, 6.07) is 8.63. The Hall–Kier alpha value is -1.74. The Labute approximate surface area is 147 Å². The first-order chi connectivity index (χ1) is 11.4. The summed E-state index contributed by atoms with van der Waals surface area (Å²) in [5.74, 6) is -0.390.